The maximum Gasteiger partial charge on any atom is 0.244 e. The minimum Gasteiger partial charge on any atom is -0.497 e. The zero-order valence-electron chi connectivity index (χ0n) is 12.3. The highest BCUT2D eigenvalue weighted by atomic mass is 79.9. The molecule has 5 nitrogen and oxygen atoms in total. The summed E-state index contributed by atoms with van der Waals surface area (Å²) in [6.45, 7) is 3.00. The predicted molar refractivity (Wildman–Crippen MR) is 85.8 cm³/mol. The number of ether oxygens (including phenoxy) is 1. The Labute approximate surface area is 134 Å². The largest absolute Gasteiger partial charge is 0.497 e. The van der Waals surface area contributed by atoms with Crippen LogP contribution in [0.1, 0.15) is 19.8 Å². The lowest BCUT2D eigenvalue weighted by molar-refractivity contribution is 0.250. The molecule has 2 N–H and O–H groups in total. The van der Waals surface area contributed by atoms with Crippen molar-refractivity contribution < 1.29 is 13.2 Å². The molecule has 1 saturated heterocycles. The van der Waals surface area contributed by atoms with Gasteiger partial charge >= 0.3 is 0 Å². The molecule has 1 atom stereocenters. The average Bonchev–Trinajstić information content (AvgIpc) is 2.47. The molecule has 0 aliphatic carbocycles. The molecule has 0 saturated carbocycles. The van der Waals surface area contributed by atoms with Gasteiger partial charge in [-0.3, -0.25) is 0 Å². The van der Waals surface area contributed by atoms with Gasteiger partial charge in [-0.2, -0.15) is 4.31 Å². The van der Waals surface area contributed by atoms with E-state index in [0.717, 1.165) is 12.8 Å². The third-order valence-electron chi connectivity index (χ3n) is 4.00. The normalized spacial score (nSPS) is 19.4. The van der Waals surface area contributed by atoms with Crippen molar-refractivity contribution in [3.05, 3.63) is 22.7 Å². The summed E-state index contributed by atoms with van der Waals surface area (Å²) in [7, 11) is -1.99. The quantitative estimate of drug-likeness (QED) is 0.873. The second kappa shape index (κ2) is 6.64. The molecule has 0 bridgehead atoms. The van der Waals surface area contributed by atoms with Crippen LogP contribution in [0.5, 0.6) is 5.75 Å². The lowest BCUT2D eigenvalue weighted by Gasteiger charge is -2.33. The molecular weight excluding hydrogens is 356 g/mol. The van der Waals surface area contributed by atoms with Crippen LogP contribution in [0, 0.1) is 5.92 Å². The van der Waals surface area contributed by atoms with E-state index in [0.29, 0.717) is 29.2 Å². The van der Waals surface area contributed by atoms with Crippen LogP contribution in [0.4, 0.5) is 0 Å². The van der Waals surface area contributed by atoms with Crippen LogP contribution in [0.3, 0.4) is 0 Å². The van der Waals surface area contributed by atoms with Gasteiger partial charge in [0.1, 0.15) is 10.6 Å². The number of nitrogens with zero attached hydrogens (tertiary/aromatic N) is 1. The monoisotopic (exact) mass is 376 g/mol. The molecule has 0 radical (unpaired) electrons. The van der Waals surface area contributed by atoms with Crippen LogP contribution in [-0.2, 0) is 10.0 Å². The van der Waals surface area contributed by atoms with Gasteiger partial charge in [-0.05, 0) is 53.7 Å². The number of methoxy groups -OCH3 is 1. The summed E-state index contributed by atoms with van der Waals surface area (Å²) in [4.78, 5) is 0.251. The van der Waals surface area contributed by atoms with Crippen molar-refractivity contribution in [2.24, 2.45) is 11.7 Å². The number of nitrogens with two attached hydrogens (primary N) is 1. The van der Waals surface area contributed by atoms with E-state index < -0.39 is 10.0 Å². The molecule has 2 rings (SSSR count). The van der Waals surface area contributed by atoms with Gasteiger partial charge in [0, 0.05) is 29.7 Å². The third kappa shape index (κ3) is 3.59. The van der Waals surface area contributed by atoms with Gasteiger partial charge in [-0.15, -0.1) is 0 Å². The van der Waals surface area contributed by atoms with Crippen LogP contribution in [0.25, 0.3) is 0 Å². The molecule has 1 aliphatic heterocycles. The second-order valence-electron chi connectivity index (χ2n) is 5.40. The van der Waals surface area contributed by atoms with Gasteiger partial charge in [-0.25, -0.2) is 8.42 Å². The zero-order chi connectivity index (χ0) is 15.6. The summed E-state index contributed by atoms with van der Waals surface area (Å²) < 4.78 is 32.7. The standard InChI is InChI=1S/C14H21BrN2O3S/c1-10(16)11-5-7-17(8-6-11)21(18,19)14-9-12(20-2)3-4-13(14)15/h3-4,9-11H,5-8,16H2,1-2H3. The van der Waals surface area contributed by atoms with E-state index in [9.17, 15) is 8.42 Å². The van der Waals surface area contributed by atoms with E-state index in [1.807, 2.05) is 6.92 Å². The van der Waals surface area contributed by atoms with Gasteiger partial charge < -0.3 is 10.5 Å². The van der Waals surface area contributed by atoms with Crippen molar-refractivity contribution in [1.82, 2.24) is 4.31 Å². The predicted octanol–water partition coefficient (Wildman–Crippen LogP) is 2.21. The number of halogens is 1. The molecule has 0 amide bonds. The molecule has 0 aromatic heterocycles. The molecule has 1 aromatic rings. The molecular formula is C14H21BrN2O3S. The van der Waals surface area contributed by atoms with E-state index >= 15 is 0 Å². The average molecular weight is 377 g/mol. The smallest absolute Gasteiger partial charge is 0.244 e. The SMILES string of the molecule is COc1ccc(Br)c(S(=O)(=O)N2CCC(C(C)N)CC2)c1. The number of hydrogen-bond donors (Lipinski definition) is 1. The summed E-state index contributed by atoms with van der Waals surface area (Å²) in [5.41, 5.74) is 5.90. The van der Waals surface area contributed by atoms with E-state index in [4.69, 9.17) is 10.5 Å². The van der Waals surface area contributed by atoms with Crippen LogP contribution in [0.2, 0.25) is 0 Å². The Morgan fingerprint density at radius 1 is 1.38 bits per heavy atom. The fourth-order valence-corrected chi connectivity index (χ4v) is 5.00. The van der Waals surface area contributed by atoms with Crippen LogP contribution < -0.4 is 10.5 Å². The molecule has 21 heavy (non-hydrogen) atoms. The van der Waals surface area contributed by atoms with E-state index in [2.05, 4.69) is 15.9 Å². The topological polar surface area (TPSA) is 72.6 Å². The first kappa shape index (κ1) is 16.7. The number of rotatable bonds is 4. The van der Waals surface area contributed by atoms with Crippen molar-refractivity contribution in [3.63, 3.8) is 0 Å². The van der Waals surface area contributed by atoms with Crippen molar-refractivity contribution in [1.29, 1.82) is 0 Å². The van der Waals surface area contributed by atoms with Crippen molar-refractivity contribution >= 4 is 26.0 Å². The van der Waals surface area contributed by atoms with Gasteiger partial charge in [0.15, 0.2) is 0 Å². The van der Waals surface area contributed by atoms with Crippen molar-refractivity contribution in [2.45, 2.75) is 30.7 Å². The second-order valence-corrected chi connectivity index (χ2v) is 8.16. The van der Waals surface area contributed by atoms with E-state index in [-0.39, 0.29) is 10.9 Å². The van der Waals surface area contributed by atoms with Crippen LogP contribution in [-0.4, -0.2) is 39.0 Å². The molecule has 1 aromatic carbocycles. The molecule has 0 spiro atoms. The number of sulfonamides is 1. The third-order valence-corrected chi connectivity index (χ3v) is 6.89. The highest BCUT2D eigenvalue weighted by Crippen LogP contribution is 2.31. The molecule has 1 fully saturated rings. The summed E-state index contributed by atoms with van der Waals surface area (Å²) in [5, 5.41) is 0. The number of piperidine rings is 1. The summed E-state index contributed by atoms with van der Waals surface area (Å²) in [6, 6.07) is 5.08. The Kier molecular flexibility index (Phi) is 5.29. The highest BCUT2D eigenvalue weighted by Gasteiger charge is 2.31. The molecule has 1 unspecified atom stereocenters. The lowest BCUT2D eigenvalue weighted by Crippen LogP contribution is -2.42. The maximum absolute atomic E-state index is 12.8. The minimum absolute atomic E-state index is 0.110. The Morgan fingerprint density at radius 2 is 2.00 bits per heavy atom. The molecule has 1 aliphatic rings. The number of benzene rings is 1. The first-order chi connectivity index (χ1) is 9.86. The minimum atomic E-state index is -3.51. The summed E-state index contributed by atoms with van der Waals surface area (Å²) >= 11 is 3.32. The lowest BCUT2D eigenvalue weighted by atomic mass is 9.92. The van der Waals surface area contributed by atoms with Gasteiger partial charge in [0.2, 0.25) is 10.0 Å². The van der Waals surface area contributed by atoms with E-state index in [1.54, 1.807) is 18.2 Å². The Bertz CT molecular complexity index is 596. The summed E-state index contributed by atoms with van der Waals surface area (Å²) in [6.07, 6.45) is 1.61. The fraction of sp³-hybridized carbons (Fsp3) is 0.571. The first-order valence-electron chi connectivity index (χ1n) is 6.95. The van der Waals surface area contributed by atoms with Gasteiger partial charge in [0.05, 0.1) is 7.11 Å². The summed E-state index contributed by atoms with van der Waals surface area (Å²) in [5.74, 6) is 0.924. The van der Waals surface area contributed by atoms with Crippen LogP contribution >= 0.6 is 15.9 Å². The Morgan fingerprint density at radius 3 is 2.52 bits per heavy atom. The van der Waals surface area contributed by atoms with Crippen LogP contribution in [0.15, 0.2) is 27.6 Å². The molecule has 1 heterocycles. The van der Waals surface area contributed by atoms with Crippen molar-refractivity contribution in [2.75, 3.05) is 20.2 Å². The Balaban J connectivity index is 2.23. The van der Waals surface area contributed by atoms with Gasteiger partial charge in [-0.1, -0.05) is 0 Å². The zero-order valence-corrected chi connectivity index (χ0v) is 14.7. The van der Waals surface area contributed by atoms with Crippen molar-refractivity contribution in [3.8, 4) is 5.75 Å². The maximum atomic E-state index is 12.8. The molecule has 118 valence electrons. The Hall–Kier alpha value is -0.630. The highest BCUT2D eigenvalue weighted by molar-refractivity contribution is 9.10. The van der Waals surface area contributed by atoms with Gasteiger partial charge in [0.25, 0.3) is 0 Å². The molecule has 7 heteroatoms. The fourth-order valence-electron chi connectivity index (χ4n) is 2.59. The van der Waals surface area contributed by atoms with E-state index in [1.165, 1.54) is 11.4 Å². The first-order valence-corrected chi connectivity index (χ1v) is 9.19. The number of hydrogen-bond acceptors (Lipinski definition) is 4.